The minimum atomic E-state index is -1.77. The number of allylic oxidation sites excluding steroid dienone is 10. The maximum absolute atomic E-state index is 13.0. The van der Waals surface area contributed by atoms with Crippen LogP contribution in [0.25, 0.3) is 0 Å². The van der Waals surface area contributed by atoms with Crippen LogP contribution in [-0.4, -0.2) is 142 Å². The Morgan fingerprint density at radius 2 is 0.955 bits per heavy atom. The van der Waals surface area contributed by atoms with Crippen molar-refractivity contribution in [1.29, 1.82) is 0 Å². The number of aliphatic hydroxyl groups excluding tert-OH is 7. The molecule has 0 aromatic rings. The van der Waals surface area contributed by atoms with E-state index in [1.54, 1.807) is 0 Å². The zero-order valence-corrected chi connectivity index (χ0v) is 39.9. The topological polar surface area (TPSA) is 231 Å². The van der Waals surface area contributed by atoms with Crippen molar-refractivity contribution in [2.75, 3.05) is 26.4 Å². The Bertz CT molecular complexity index is 1380. The first kappa shape index (κ1) is 59.3. The van der Waals surface area contributed by atoms with Gasteiger partial charge in [0.25, 0.3) is 0 Å². The lowest BCUT2D eigenvalue weighted by Crippen LogP contribution is -2.61. The molecule has 0 aromatic heterocycles. The summed E-state index contributed by atoms with van der Waals surface area (Å²) in [5.41, 5.74) is 0. The van der Waals surface area contributed by atoms with Gasteiger partial charge in [0.1, 0.15) is 55.4 Å². The summed E-state index contributed by atoms with van der Waals surface area (Å²) < 4.78 is 33.5. The third-order valence-electron chi connectivity index (χ3n) is 11.5. The lowest BCUT2D eigenvalue weighted by atomic mass is 9.98. The highest BCUT2D eigenvalue weighted by Crippen LogP contribution is 2.26. The maximum Gasteiger partial charge on any atom is 0.306 e. The van der Waals surface area contributed by atoms with Gasteiger partial charge in [0.15, 0.2) is 18.7 Å². The highest BCUT2D eigenvalue weighted by molar-refractivity contribution is 5.70. The molecule has 11 unspecified atom stereocenters. The molecule has 2 aliphatic rings. The fourth-order valence-electron chi connectivity index (χ4n) is 7.42. The van der Waals surface area contributed by atoms with Crippen LogP contribution < -0.4 is 0 Å². The Morgan fingerprint density at radius 3 is 1.50 bits per heavy atom. The van der Waals surface area contributed by atoms with Crippen molar-refractivity contribution in [3.63, 3.8) is 0 Å². The molecule has 0 spiro atoms. The molecule has 7 N–H and O–H groups in total. The van der Waals surface area contributed by atoms with Crippen LogP contribution in [0.1, 0.15) is 155 Å². The lowest BCUT2D eigenvalue weighted by Gasteiger charge is -2.42. The molecule has 0 amide bonds. The SMILES string of the molecule is CC/C=C\C/C=C\C/C=C\C/C=C\C/C=C\CCCCCC(=O)OC(COC(=O)CCCCCCCCCCCCC)COC1OC(COC2OC(CO)C(O)C(O)C2O)C(O)C(O)C1O. The number of carbonyl (C=O) groups is 2. The minimum Gasteiger partial charge on any atom is -0.462 e. The van der Waals surface area contributed by atoms with Gasteiger partial charge >= 0.3 is 11.9 Å². The minimum absolute atomic E-state index is 0.125. The van der Waals surface area contributed by atoms with Gasteiger partial charge < -0.3 is 64.2 Å². The van der Waals surface area contributed by atoms with E-state index < -0.39 is 99.3 Å². The standard InChI is InChI=1S/C51H86O15/c1-3-5-7-9-11-13-15-16-17-18-19-20-21-22-24-26-28-30-32-34-43(54)64-39(36-61-42(53)33-31-29-27-25-23-14-12-10-8-6-4-2)37-62-50-49(60)47(58)45(56)41(66-50)38-63-51-48(59)46(57)44(55)40(35-52)65-51/h5,7,11,13,16-17,19-20,22,24,39-41,44-52,55-60H,3-4,6,8-10,12,14-15,18,21,23,25-38H2,1-2H3/b7-5-,13-11-,17-16-,20-19-,24-22-. The van der Waals surface area contributed by atoms with Gasteiger partial charge in [0.2, 0.25) is 0 Å². The van der Waals surface area contributed by atoms with Gasteiger partial charge in [-0.1, -0.05) is 145 Å². The molecular weight excluding hydrogens is 853 g/mol. The number of carbonyl (C=O) groups excluding carboxylic acids is 2. The van der Waals surface area contributed by atoms with Crippen LogP contribution in [0.2, 0.25) is 0 Å². The summed E-state index contributed by atoms with van der Waals surface area (Å²) in [7, 11) is 0. The second-order valence-corrected chi connectivity index (χ2v) is 17.3. The van der Waals surface area contributed by atoms with E-state index in [4.69, 9.17) is 28.4 Å². The molecule has 0 saturated carbocycles. The van der Waals surface area contributed by atoms with Crippen LogP contribution in [0, 0.1) is 0 Å². The largest absolute Gasteiger partial charge is 0.462 e. The number of ether oxygens (including phenoxy) is 6. The Balaban J connectivity index is 1.83. The van der Waals surface area contributed by atoms with Crippen LogP contribution in [0.3, 0.4) is 0 Å². The molecule has 2 rings (SSSR count). The normalized spacial score (nSPS) is 26.7. The Hall–Kier alpha value is -2.80. The number of unbranched alkanes of at least 4 members (excludes halogenated alkanes) is 13. The third kappa shape index (κ3) is 26.1. The molecule has 2 aliphatic heterocycles. The number of aliphatic hydroxyl groups is 7. The van der Waals surface area contributed by atoms with Crippen LogP contribution in [0.5, 0.6) is 0 Å². The van der Waals surface area contributed by atoms with Crippen LogP contribution >= 0.6 is 0 Å². The quantitative estimate of drug-likeness (QED) is 0.0201. The zero-order valence-electron chi connectivity index (χ0n) is 39.9. The molecule has 2 saturated heterocycles. The van der Waals surface area contributed by atoms with Gasteiger partial charge in [0.05, 0.1) is 19.8 Å². The molecule has 0 radical (unpaired) electrons. The van der Waals surface area contributed by atoms with E-state index >= 15 is 0 Å². The summed E-state index contributed by atoms with van der Waals surface area (Å²) in [6.07, 6.45) is 25.4. The van der Waals surface area contributed by atoms with E-state index in [0.29, 0.717) is 12.8 Å². The van der Waals surface area contributed by atoms with Crippen molar-refractivity contribution in [3.8, 4) is 0 Å². The summed E-state index contributed by atoms with van der Waals surface area (Å²) in [6, 6.07) is 0. The molecule has 2 fully saturated rings. The molecule has 0 aromatic carbocycles. The molecule has 2 heterocycles. The predicted octanol–water partition coefficient (Wildman–Crippen LogP) is 6.49. The van der Waals surface area contributed by atoms with E-state index in [-0.39, 0.29) is 19.4 Å². The second-order valence-electron chi connectivity index (χ2n) is 17.3. The number of rotatable bonds is 37. The first-order valence-corrected chi connectivity index (χ1v) is 24.9. The molecule has 66 heavy (non-hydrogen) atoms. The first-order valence-electron chi connectivity index (χ1n) is 24.9. The Kier molecular flexibility index (Phi) is 34.2. The molecule has 15 nitrogen and oxygen atoms in total. The van der Waals surface area contributed by atoms with Gasteiger partial charge in [-0.15, -0.1) is 0 Å². The van der Waals surface area contributed by atoms with E-state index in [9.17, 15) is 45.3 Å². The fraction of sp³-hybridized carbons (Fsp3) is 0.765. The van der Waals surface area contributed by atoms with Crippen molar-refractivity contribution in [3.05, 3.63) is 60.8 Å². The smallest absolute Gasteiger partial charge is 0.306 e. The monoisotopic (exact) mass is 939 g/mol. The second kappa shape index (κ2) is 38.1. The van der Waals surface area contributed by atoms with E-state index in [1.165, 1.54) is 44.9 Å². The lowest BCUT2D eigenvalue weighted by molar-refractivity contribution is -0.332. The van der Waals surface area contributed by atoms with Gasteiger partial charge in [-0.3, -0.25) is 9.59 Å². The average Bonchev–Trinajstić information content (AvgIpc) is 3.31. The van der Waals surface area contributed by atoms with Crippen LogP contribution in [-0.2, 0) is 38.0 Å². The summed E-state index contributed by atoms with van der Waals surface area (Å²) in [5, 5.41) is 72.0. The number of hydrogen-bond acceptors (Lipinski definition) is 15. The Morgan fingerprint density at radius 1 is 0.500 bits per heavy atom. The summed E-state index contributed by atoms with van der Waals surface area (Å²) in [6.45, 7) is 2.41. The molecular formula is C51H86O15. The third-order valence-corrected chi connectivity index (χ3v) is 11.5. The highest BCUT2D eigenvalue weighted by atomic mass is 16.7. The first-order chi connectivity index (χ1) is 32.0. The van der Waals surface area contributed by atoms with Gasteiger partial charge in [-0.2, -0.15) is 0 Å². The molecule has 0 aliphatic carbocycles. The summed E-state index contributed by atoms with van der Waals surface area (Å²) in [5.74, 6) is -0.966. The van der Waals surface area contributed by atoms with Crippen molar-refractivity contribution in [1.82, 2.24) is 0 Å². The van der Waals surface area contributed by atoms with Crippen molar-refractivity contribution < 1.29 is 73.8 Å². The van der Waals surface area contributed by atoms with Crippen LogP contribution in [0.15, 0.2) is 60.8 Å². The molecule has 11 atom stereocenters. The van der Waals surface area contributed by atoms with Gasteiger partial charge in [-0.25, -0.2) is 0 Å². The molecule has 15 heteroatoms. The van der Waals surface area contributed by atoms with Gasteiger partial charge in [-0.05, 0) is 57.8 Å². The number of esters is 2. The highest BCUT2D eigenvalue weighted by Gasteiger charge is 2.47. The average molecular weight is 939 g/mol. The van der Waals surface area contributed by atoms with Crippen LogP contribution in [0.4, 0.5) is 0 Å². The Labute approximate surface area is 394 Å². The van der Waals surface area contributed by atoms with Crippen molar-refractivity contribution >= 4 is 11.9 Å². The van der Waals surface area contributed by atoms with Crippen molar-refractivity contribution in [2.24, 2.45) is 0 Å². The molecule has 380 valence electrons. The number of hydrogen-bond donors (Lipinski definition) is 7. The molecule has 0 bridgehead atoms. The van der Waals surface area contributed by atoms with E-state index in [1.807, 2.05) is 0 Å². The summed E-state index contributed by atoms with van der Waals surface area (Å²) >= 11 is 0. The van der Waals surface area contributed by atoms with E-state index in [2.05, 4.69) is 74.6 Å². The van der Waals surface area contributed by atoms with Crippen molar-refractivity contribution in [2.45, 2.75) is 223 Å². The summed E-state index contributed by atoms with van der Waals surface area (Å²) in [4.78, 5) is 25.7. The maximum atomic E-state index is 13.0. The fourth-order valence-corrected chi connectivity index (χ4v) is 7.42. The zero-order chi connectivity index (χ0) is 48.2. The predicted molar refractivity (Wildman–Crippen MR) is 252 cm³/mol. The van der Waals surface area contributed by atoms with Gasteiger partial charge in [0, 0.05) is 12.8 Å². The van der Waals surface area contributed by atoms with E-state index in [0.717, 1.165) is 70.6 Å².